The first kappa shape index (κ1) is 9.31. The van der Waals surface area contributed by atoms with E-state index >= 15 is 0 Å². The number of allylic oxidation sites excluding steroid dienone is 1. The quantitative estimate of drug-likeness (QED) is 0.646. The molecule has 0 aliphatic carbocycles. The molecule has 0 aliphatic heterocycles. The van der Waals surface area contributed by atoms with Gasteiger partial charge in [0, 0.05) is 12.3 Å². The Balaban J connectivity index is 3.24. The predicted octanol–water partition coefficient (Wildman–Crippen LogP) is 0.303. The molecule has 0 radical (unpaired) electrons. The van der Waals surface area contributed by atoms with Crippen molar-refractivity contribution in [2.45, 2.75) is 13.3 Å². The van der Waals surface area contributed by atoms with Gasteiger partial charge in [-0.2, -0.15) is 0 Å². The molecule has 0 aromatic carbocycles. The molecule has 1 aromatic rings. The van der Waals surface area contributed by atoms with Crippen molar-refractivity contribution < 1.29 is 5.11 Å². The lowest BCUT2D eigenvalue weighted by atomic mass is 10.4. The third kappa shape index (κ3) is 2.08. The minimum absolute atomic E-state index is 0.177. The zero-order valence-electron chi connectivity index (χ0n) is 7.15. The molecule has 0 unspecified atom stereocenters. The smallest absolute Gasteiger partial charge is 0.335 e. The maximum Gasteiger partial charge on any atom is 0.335 e. The number of aliphatic hydroxyl groups is 1. The first-order valence-corrected chi connectivity index (χ1v) is 3.86. The lowest BCUT2D eigenvalue weighted by Gasteiger charge is -2.00. The van der Waals surface area contributed by atoms with Gasteiger partial charge in [0.15, 0.2) is 5.88 Å². The average molecular weight is 182 g/mol. The van der Waals surface area contributed by atoms with Crippen LogP contribution in [0.3, 0.4) is 0 Å². The van der Waals surface area contributed by atoms with Gasteiger partial charge in [-0.1, -0.05) is 6.92 Å². The third-order valence-electron chi connectivity index (χ3n) is 1.46. The number of hydrogen-bond acceptors (Lipinski definition) is 3. The molecule has 0 fully saturated rings. The Labute approximate surface area is 74.0 Å². The van der Waals surface area contributed by atoms with Crippen molar-refractivity contribution in [3.63, 3.8) is 0 Å². The fourth-order valence-electron chi connectivity index (χ4n) is 0.879. The highest BCUT2D eigenvalue weighted by atomic mass is 16.3. The second-order valence-corrected chi connectivity index (χ2v) is 2.45. The van der Waals surface area contributed by atoms with E-state index < -0.39 is 11.2 Å². The summed E-state index contributed by atoms with van der Waals surface area (Å²) in [5.41, 5.74) is -1.12. The van der Waals surface area contributed by atoms with Crippen LogP contribution in [0.4, 0.5) is 0 Å². The van der Waals surface area contributed by atoms with Crippen LogP contribution in [0.5, 0.6) is 0 Å². The maximum absolute atomic E-state index is 11.1. The number of nitrogens with zero attached hydrogens (tertiary/aromatic N) is 1. The van der Waals surface area contributed by atoms with Gasteiger partial charge in [0.25, 0.3) is 5.56 Å². The van der Waals surface area contributed by atoms with Gasteiger partial charge in [-0.25, -0.2) is 9.36 Å². The van der Waals surface area contributed by atoms with E-state index in [1.165, 1.54) is 18.3 Å². The van der Waals surface area contributed by atoms with Crippen LogP contribution in [0.15, 0.2) is 27.9 Å². The molecule has 1 aromatic heterocycles. The third-order valence-corrected chi connectivity index (χ3v) is 1.46. The van der Waals surface area contributed by atoms with E-state index in [1.807, 2.05) is 11.9 Å². The predicted molar refractivity (Wildman–Crippen MR) is 48.5 cm³/mol. The molecule has 0 amide bonds. The monoisotopic (exact) mass is 182 g/mol. The van der Waals surface area contributed by atoms with E-state index in [2.05, 4.69) is 0 Å². The van der Waals surface area contributed by atoms with Crippen LogP contribution in [0, 0.1) is 0 Å². The molecule has 0 spiro atoms. The van der Waals surface area contributed by atoms with E-state index in [-0.39, 0.29) is 5.88 Å². The molecule has 1 heterocycles. The first-order chi connectivity index (χ1) is 6.15. The second kappa shape index (κ2) is 3.75. The lowest BCUT2D eigenvalue weighted by Crippen LogP contribution is -2.28. The highest BCUT2D eigenvalue weighted by Gasteiger charge is 1.98. The molecular formula is C8H10N2O3. The zero-order valence-corrected chi connectivity index (χ0v) is 7.15. The molecule has 0 bridgehead atoms. The van der Waals surface area contributed by atoms with Crippen LogP contribution in [-0.2, 0) is 0 Å². The highest BCUT2D eigenvalue weighted by Crippen LogP contribution is 1.94. The van der Waals surface area contributed by atoms with Crippen molar-refractivity contribution >= 4 is 5.88 Å². The molecule has 70 valence electrons. The molecule has 5 heteroatoms. The van der Waals surface area contributed by atoms with Crippen LogP contribution in [0.2, 0.25) is 0 Å². The molecule has 0 saturated carbocycles. The molecule has 0 aliphatic rings. The van der Waals surface area contributed by atoms with E-state index in [0.29, 0.717) is 6.42 Å². The summed E-state index contributed by atoms with van der Waals surface area (Å²) >= 11 is 0. The average Bonchev–Trinajstić information content (AvgIpc) is 2.04. The molecule has 13 heavy (non-hydrogen) atoms. The summed E-state index contributed by atoms with van der Waals surface area (Å²) in [6.07, 6.45) is 3.31. The number of nitrogens with one attached hydrogen (secondary N) is 1. The van der Waals surface area contributed by atoms with Crippen molar-refractivity contribution in [2.24, 2.45) is 0 Å². The number of hydrogen-bond donors (Lipinski definition) is 2. The van der Waals surface area contributed by atoms with Crippen LogP contribution in [0.1, 0.15) is 13.3 Å². The Hall–Kier alpha value is -1.78. The van der Waals surface area contributed by atoms with Crippen LogP contribution < -0.4 is 11.2 Å². The van der Waals surface area contributed by atoms with Gasteiger partial charge in [0.05, 0.1) is 0 Å². The number of aromatic nitrogens is 2. The van der Waals surface area contributed by atoms with Gasteiger partial charge in [-0.05, 0) is 12.5 Å². The molecule has 5 nitrogen and oxygen atoms in total. The first-order valence-electron chi connectivity index (χ1n) is 3.86. The molecule has 2 N–H and O–H groups in total. The summed E-state index contributed by atoms with van der Waals surface area (Å²) in [5.74, 6) is -0.177. The highest BCUT2D eigenvalue weighted by molar-refractivity contribution is 5.33. The molecule has 0 atom stereocenters. The van der Waals surface area contributed by atoms with E-state index in [1.54, 1.807) is 0 Å². The van der Waals surface area contributed by atoms with E-state index in [0.717, 1.165) is 4.57 Å². The second-order valence-electron chi connectivity index (χ2n) is 2.45. The van der Waals surface area contributed by atoms with Crippen molar-refractivity contribution in [3.8, 4) is 0 Å². The zero-order chi connectivity index (χ0) is 9.84. The van der Waals surface area contributed by atoms with Gasteiger partial charge in [0.2, 0.25) is 0 Å². The minimum atomic E-state index is -0.644. The summed E-state index contributed by atoms with van der Waals surface area (Å²) in [5, 5.41) is 9.29. The van der Waals surface area contributed by atoms with E-state index in [9.17, 15) is 14.7 Å². The van der Waals surface area contributed by atoms with Crippen LogP contribution >= 0.6 is 0 Å². The Morgan fingerprint density at radius 2 is 2.38 bits per heavy atom. The van der Waals surface area contributed by atoms with Gasteiger partial charge >= 0.3 is 5.69 Å². The van der Waals surface area contributed by atoms with Crippen molar-refractivity contribution in [3.05, 3.63) is 39.2 Å². The van der Waals surface area contributed by atoms with Gasteiger partial charge in [0.1, 0.15) is 0 Å². The summed E-state index contributed by atoms with van der Waals surface area (Å²) < 4.78 is 0.963. The summed E-state index contributed by atoms with van der Waals surface area (Å²) in [6.45, 7) is 1.83. The van der Waals surface area contributed by atoms with Crippen LogP contribution in [0.25, 0.3) is 5.88 Å². The number of H-pyrrole nitrogens is 1. The fourth-order valence-corrected chi connectivity index (χ4v) is 0.879. The molecule has 0 saturated heterocycles. The van der Waals surface area contributed by atoms with Gasteiger partial charge in [-0.15, -0.1) is 0 Å². The van der Waals surface area contributed by atoms with Gasteiger partial charge < -0.3 is 5.11 Å². The van der Waals surface area contributed by atoms with Crippen molar-refractivity contribution in [1.82, 2.24) is 9.55 Å². The topological polar surface area (TPSA) is 75.1 Å². The number of aliphatic hydroxyl groups excluding tert-OH is 1. The SMILES string of the molecule is CC/C=C(\O)n1ccc(=O)[nH]c1=O. The Morgan fingerprint density at radius 3 is 2.92 bits per heavy atom. The molecule has 1 rings (SSSR count). The van der Waals surface area contributed by atoms with Crippen molar-refractivity contribution in [2.75, 3.05) is 0 Å². The fraction of sp³-hybridized carbons (Fsp3) is 0.250. The normalized spacial score (nSPS) is 11.6. The summed E-state index contributed by atoms with van der Waals surface area (Å²) in [4.78, 5) is 23.7. The minimum Gasteiger partial charge on any atom is -0.494 e. The molecular weight excluding hydrogens is 172 g/mol. The summed E-state index contributed by atoms with van der Waals surface area (Å²) in [7, 11) is 0. The summed E-state index contributed by atoms with van der Waals surface area (Å²) in [6, 6.07) is 1.17. The van der Waals surface area contributed by atoms with E-state index in [4.69, 9.17) is 0 Å². The Bertz CT molecular complexity index is 428. The van der Waals surface area contributed by atoms with Crippen molar-refractivity contribution in [1.29, 1.82) is 0 Å². The Kier molecular flexibility index (Phi) is 2.69. The van der Waals surface area contributed by atoms with Crippen LogP contribution in [-0.4, -0.2) is 14.7 Å². The van der Waals surface area contributed by atoms with Gasteiger partial charge in [-0.3, -0.25) is 9.78 Å². The number of rotatable bonds is 2. The number of aromatic amines is 1. The Morgan fingerprint density at radius 1 is 1.69 bits per heavy atom. The largest absolute Gasteiger partial charge is 0.494 e. The lowest BCUT2D eigenvalue weighted by molar-refractivity contribution is 0.462. The standard InChI is InChI=1S/C8H10N2O3/c1-2-3-7(12)10-5-4-6(11)9-8(10)13/h3-5,12H,2H2,1H3,(H,9,11,13)/b7-3-. The maximum atomic E-state index is 11.1.